The molecule has 0 radical (unpaired) electrons. The topological polar surface area (TPSA) is 79.7 Å². The predicted molar refractivity (Wildman–Crippen MR) is 131 cm³/mol. The molecule has 1 saturated heterocycles. The van der Waals surface area contributed by atoms with Crippen LogP contribution in [-0.2, 0) is 4.79 Å². The number of hydrogen-bond donors (Lipinski definition) is 0. The molecule has 0 saturated carbocycles. The highest BCUT2D eigenvalue weighted by Gasteiger charge is 2.31. The number of Topliss-reactive ketones (excluding diaryl/α,β-unsaturated/α-hetero) is 1. The van der Waals surface area contributed by atoms with E-state index in [1.165, 1.54) is 15.7 Å². The number of amides is 2. The van der Waals surface area contributed by atoms with Crippen molar-refractivity contribution in [3.05, 3.63) is 108 Å². The Kier molecular flexibility index (Phi) is 5.97. The standard InChI is InChI=1S/C28H23N3O4/c32-25(28(35)30-17-15-29(16-18-30)26(33)20-9-3-1-4-10-20)23-19-31(24-14-8-7-13-22(23)24)27(34)21-11-5-2-6-12-21/h1-14,19H,15-18H2. The van der Waals surface area contributed by atoms with Gasteiger partial charge in [-0.1, -0.05) is 54.6 Å². The van der Waals surface area contributed by atoms with Gasteiger partial charge in [-0.05, 0) is 30.3 Å². The largest absolute Gasteiger partial charge is 0.335 e. The van der Waals surface area contributed by atoms with E-state index >= 15 is 0 Å². The Balaban J connectivity index is 1.35. The normalized spacial score (nSPS) is 13.6. The fourth-order valence-electron chi connectivity index (χ4n) is 4.38. The van der Waals surface area contributed by atoms with Crippen LogP contribution in [0.25, 0.3) is 10.9 Å². The molecule has 1 aliphatic rings. The zero-order valence-corrected chi connectivity index (χ0v) is 19.0. The highest BCUT2D eigenvalue weighted by Crippen LogP contribution is 2.24. The lowest BCUT2D eigenvalue weighted by atomic mass is 10.1. The van der Waals surface area contributed by atoms with E-state index in [4.69, 9.17) is 0 Å². The number of ketones is 1. The molecule has 35 heavy (non-hydrogen) atoms. The molecule has 174 valence electrons. The molecule has 4 aromatic rings. The van der Waals surface area contributed by atoms with Crippen LogP contribution in [0.2, 0.25) is 0 Å². The quantitative estimate of drug-likeness (QED) is 0.341. The highest BCUT2D eigenvalue weighted by atomic mass is 16.2. The Morgan fingerprint density at radius 1 is 0.571 bits per heavy atom. The van der Waals surface area contributed by atoms with Gasteiger partial charge in [0.2, 0.25) is 0 Å². The molecule has 0 bridgehead atoms. The summed E-state index contributed by atoms with van der Waals surface area (Å²) in [6.07, 6.45) is 1.45. The van der Waals surface area contributed by atoms with Crippen LogP contribution in [0.4, 0.5) is 0 Å². The SMILES string of the molecule is O=C(C(=O)N1CCN(C(=O)c2ccccc2)CC1)c1cn(C(=O)c2ccccc2)c2ccccc12. The summed E-state index contributed by atoms with van der Waals surface area (Å²) in [6, 6.07) is 24.8. The van der Waals surface area contributed by atoms with Crippen LogP contribution >= 0.6 is 0 Å². The molecule has 0 unspecified atom stereocenters. The molecule has 0 atom stereocenters. The van der Waals surface area contributed by atoms with Gasteiger partial charge >= 0.3 is 0 Å². The summed E-state index contributed by atoms with van der Waals surface area (Å²) in [4.78, 5) is 55.3. The summed E-state index contributed by atoms with van der Waals surface area (Å²) in [5, 5.41) is 0.549. The second-order valence-corrected chi connectivity index (χ2v) is 8.38. The van der Waals surface area contributed by atoms with Gasteiger partial charge in [-0.3, -0.25) is 23.7 Å². The summed E-state index contributed by atoms with van der Waals surface area (Å²) < 4.78 is 1.42. The fourth-order valence-corrected chi connectivity index (χ4v) is 4.38. The van der Waals surface area contributed by atoms with E-state index in [-0.39, 0.29) is 30.5 Å². The number of para-hydroxylation sites is 1. The van der Waals surface area contributed by atoms with Crippen molar-refractivity contribution in [2.45, 2.75) is 0 Å². The second kappa shape index (κ2) is 9.38. The Labute approximate surface area is 202 Å². The third-order valence-corrected chi connectivity index (χ3v) is 6.27. The minimum absolute atomic E-state index is 0.0912. The first-order chi connectivity index (χ1) is 17.0. The van der Waals surface area contributed by atoms with Gasteiger partial charge in [0.15, 0.2) is 0 Å². The molecule has 2 amide bonds. The molecule has 2 heterocycles. The lowest BCUT2D eigenvalue weighted by molar-refractivity contribution is -0.127. The maximum Gasteiger partial charge on any atom is 0.295 e. The average Bonchev–Trinajstić information content (AvgIpc) is 3.32. The number of nitrogens with zero attached hydrogens (tertiary/aromatic N) is 3. The van der Waals surface area contributed by atoms with Gasteiger partial charge in [-0.15, -0.1) is 0 Å². The number of piperazine rings is 1. The van der Waals surface area contributed by atoms with Crippen molar-refractivity contribution in [3.8, 4) is 0 Å². The van der Waals surface area contributed by atoms with Gasteiger partial charge in [0.1, 0.15) is 0 Å². The van der Waals surface area contributed by atoms with E-state index in [2.05, 4.69) is 0 Å². The number of fused-ring (bicyclic) bond motifs is 1. The van der Waals surface area contributed by atoms with Crippen LogP contribution in [0.3, 0.4) is 0 Å². The van der Waals surface area contributed by atoms with Gasteiger partial charge in [0.05, 0.1) is 11.1 Å². The van der Waals surface area contributed by atoms with Crippen LogP contribution in [0.5, 0.6) is 0 Å². The van der Waals surface area contributed by atoms with E-state index in [9.17, 15) is 19.2 Å². The molecule has 3 aromatic carbocycles. The Morgan fingerprint density at radius 3 is 1.71 bits per heavy atom. The zero-order valence-electron chi connectivity index (χ0n) is 19.0. The minimum Gasteiger partial charge on any atom is -0.335 e. The monoisotopic (exact) mass is 465 g/mol. The van der Waals surface area contributed by atoms with E-state index in [0.29, 0.717) is 35.1 Å². The molecule has 7 heteroatoms. The van der Waals surface area contributed by atoms with E-state index in [1.807, 2.05) is 24.3 Å². The predicted octanol–water partition coefficient (Wildman–Crippen LogP) is 3.50. The first-order valence-electron chi connectivity index (χ1n) is 11.4. The third kappa shape index (κ3) is 4.24. The van der Waals surface area contributed by atoms with Crippen molar-refractivity contribution in [2.75, 3.05) is 26.2 Å². The van der Waals surface area contributed by atoms with E-state index in [1.54, 1.807) is 65.6 Å². The van der Waals surface area contributed by atoms with Crippen molar-refractivity contribution >= 4 is 34.4 Å². The van der Waals surface area contributed by atoms with Crippen LogP contribution in [0.15, 0.2) is 91.1 Å². The first-order valence-corrected chi connectivity index (χ1v) is 11.4. The molecule has 1 fully saturated rings. The highest BCUT2D eigenvalue weighted by molar-refractivity contribution is 6.45. The number of carbonyl (C=O) groups is 4. The zero-order chi connectivity index (χ0) is 24.4. The average molecular weight is 466 g/mol. The summed E-state index contributed by atoms with van der Waals surface area (Å²) in [5.41, 5.74) is 1.84. The Bertz CT molecular complexity index is 1420. The van der Waals surface area contributed by atoms with Gasteiger partial charge < -0.3 is 9.80 Å². The third-order valence-electron chi connectivity index (χ3n) is 6.27. The smallest absolute Gasteiger partial charge is 0.295 e. The number of carbonyl (C=O) groups excluding carboxylic acids is 4. The summed E-state index contributed by atoms with van der Waals surface area (Å²) in [6.45, 7) is 1.23. The van der Waals surface area contributed by atoms with Crippen molar-refractivity contribution in [2.24, 2.45) is 0 Å². The number of benzene rings is 3. The van der Waals surface area contributed by atoms with Gasteiger partial charge in [-0.2, -0.15) is 0 Å². The fraction of sp³-hybridized carbons (Fsp3) is 0.143. The van der Waals surface area contributed by atoms with E-state index < -0.39 is 11.7 Å². The van der Waals surface area contributed by atoms with Gasteiger partial charge in [0.25, 0.3) is 23.5 Å². The molecule has 0 N–H and O–H groups in total. The number of aromatic nitrogens is 1. The first kappa shape index (κ1) is 22.3. The van der Waals surface area contributed by atoms with Crippen LogP contribution < -0.4 is 0 Å². The molecule has 7 nitrogen and oxygen atoms in total. The lowest BCUT2D eigenvalue weighted by Gasteiger charge is -2.34. The summed E-state index contributed by atoms with van der Waals surface area (Å²) >= 11 is 0. The number of hydrogen-bond acceptors (Lipinski definition) is 4. The van der Waals surface area contributed by atoms with Crippen LogP contribution in [0.1, 0.15) is 31.1 Å². The molecular formula is C28H23N3O4. The molecule has 5 rings (SSSR count). The van der Waals surface area contributed by atoms with Crippen molar-refractivity contribution in [3.63, 3.8) is 0 Å². The molecule has 1 aliphatic heterocycles. The lowest BCUT2D eigenvalue weighted by Crippen LogP contribution is -2.52. The van der Waals surface area contributed by atoms with E-state index in [0.717, 1.165) is 0 Å². The molecular weight excluding hydrogens is 442 g/mol. The molecule has 1 aromatic heterocycles. The molecule has 0 aliphatic carbocycles. The van der Waals surface area contributed by atoms with Gasteiger partial charge in [0, 0.05) is 48.9 Å². The van der Waals surface area contributed by atoms with Crippen molar-refractivity contribution < 1.29 is 19.2 Å². The van der Waals surface area contributed by atoms with Crippen LogP contribution in [-0.4, -0.2) is 64.1 Å². The Hall–Kier alpha value is -4.52. The Morgan fingerprint density at radius 2 is 1.09 bits per heavy atom. The van der Waals surface area contributed by atoms with Crippen molar-refractivity contribution in [1.82, 2.24) is 14.4 Å². The molecule has 0 spiro atoms. The van der Waals surface area contributed by atoms with Gasteiger partial charge in [-0.25, -0.2) is 0 Å². The summed E-state index contributed by atoms with van der Waals surface area (Å²) in [5.74, 6) is -1.66. The maximum absolute atomic E-state index is 13.3. The van der Waals surface area contributed by atoms with Crippen LogP contribution in [0, 0.1) is 0 Å². The van der Waals surface area contributed by atoms with Crippen molar-refractivity contribution in [1.29, 1.82) is 0 Å². The summed E-state index contributed by atoms with van der Waals surface area (Å²) in [7, 11) is 0. The second-order valence-electron chi connectivity index (χ2n) is 8.38. The number of rotatable bonds is 4. The maximum atomic E-state index is 13.3. The minimum atomic E-state index is -0.663.